The standard InChI is InChI=1S/C11H6NO2S/c13-11-12-9-5-7(1-2-10(9)14-11)8-3-4-15-6-8/h1-6H. The van der Waals surface area contributed by atoms with Crippen LogP contribution in [-0.2, 0) is 0 Å². The van der Waals surface area contributed by atoms with Crippen LogP contribution in [0.15, 0.2) is 35.0 Å². The quantitative estimate of drug-likeness (QED) is 0.734. The summed E-state index contributed by atoms with van der Waals surface area (Å²) in [7, 11) is 0. The number of carbonyl (C=O) groups excluding carboxylic acids is 1. The van der Waals surface area contributed by atoms with Gasteiger partial charge in [0.1, 0.15) is 5.69 Å². The average molecular weight is 216 g/mol. The maximum Gasteiger partial charge on any atom is 0.439 e. The van der Waals surface area contributed by atoms with Crippen molar-refractivity contribution in [2.45, 2.75) is 0 Å². The van der Waals surface area contributed by atoms with Crippen LogP contribution in [0.4, 0.5) is 10.5 Å². The van der Waals surface area contributed by atoms with E-state index >= 15 is 0 Å². The summed E-state index contributed by atoms with van der Waals surface area (Å²) in [6, 6.07) is 7.60. The number of benzene rings is 1. The van der Waals surface area contributed by atoms with Crippen molar-refractivity contribution in [2.75, 3.05) is 0 Å². The van der Waals surface area contributed by atoms with E-state index in [2.05, 4.69) is 10.7 Å². The Hall–Kier alpha value is -1.81. The van der Waals surface area contributed by atoms with Crippen LogP contribution in [0.2, 0.25) is 0 Å². The van der Waals surface area contributed by atoms with Crippen LogP contribution in [0.5, 0.6) is 5.75 Å². The second-order valence-corrected chi connectivity index (χ2v) is 3.95. The zero-order chi connectivity index (χ0) is 10.3. The van der Waals surface area contributed by atoms with E-state index in [9.17, 15) is 4.79 Å². The Morgan fingerprint density at radius 2 is 2.13 bits per heavy atom. The van der Waals surface area contributed by atoms with Gasteiger partial charge in [-0.05, 0) is 40.1 Å². The number of carbonyl (C=O) groups is 1. The van der Waals surface area contributed by atoms with E-state index < -0.39 is 6.09 Å². The highest BCUT2D eigenvalue weighted by Gasteiger charge is 2.21. The molecule has 3 rings (SSSR count). The summed E-state index contributed by atoms with van der Waals surface area (Å²) in [4.78, 5) is 10.9. The van der Waals surface area contributed by atoms with E-state index in [0.29, 0.717) is 11.4 Å². The summed E-state index contributed by atoms with van der Waals surface area (Å²) < 4.78 is 4.88. The monoisotopic (exact) mass is 216 g/mol. The molecule has 0 unspecified atom stereocenters. The molecule has 1 radical (unpaired) electrons. The van der Waals surface area contributed by atoms with Crippen molar-refractivity contribution in [3.63, 3.8) is 0 Å². The molecule has 0 atom stereocenters. The lowest BCUT2D eigenvalue weighted by Gasteiger charge is -1.99. The Kier molecular flexibility index (Phi) is 1.76. The number of hydrogen-bond acceptors (Lipinski definition) is 3. The van der Waals surface area contributed by atoms with Gasteiger partial charge in [0.05, 0.1) is 0 Å². The minimum atomic E-state index is -0.535. The molecule has 3 nitrogen and oxygen atoms in total. The molecule has 1 aliphatic rings. The van der Waals surface area contributed by atoms with Crippen molar-refractivity contribution in [2.24, 2.45) is 0 Å². The summed E-state index contributed by atoms with van der Waals surface area (Å²) >= 11 is 1.64. The lowest BCUT2D eigenvalue weighted by Crippen LogP contribution is -2.05. The second kappa shape index (κ2) is 3.10. The molecule has 0 fully saturated rings. The summed E-state index contributed by atoms with van der Waals surface area (Å²) in [5.74, 6) is 0.541. The predicted molar refractivity (Wildman–Crippen MR) is 57.6 cm³/mol. The first kappa shape index (κ1) is 8.49. The fourth-order valence-electron chi connectivity index (χ4n) is 1.51. The van der Waals surface area contributed by atoms with E-state index in [1.165, 1.54) is 0 Å². The molecular formula is C11H6NO2S. The largest absolute Gasteiger partial charge is 0.439 e. The smallest absolute Gasteiger partial charge is 0.406 e. The van der Waals surface area contributed by atoms with Crippen molar-refractivity contribution >= 4 is 23.1 Å². The summed E-state index contributed by atoms with van der Waals surface area (Å²) in [6.07, 6.45) is -0.535. The number of nitrogens with zero attached hydrogens (tertiary/aromatic N) is 1. The molecule has 2 aromatic rings. The number of rotatable bonds is 1. The molecule has 2 heterocycles. The van der Waals surface area contributed by atoms with Gasteiger partial charge in [0.15, 0.2) is 5.75 Å². The third-order valence-corrected chi connectivity index (χ3v) is 2.91. The molecule has 0 spiro atoms. The molecule has 0 aliphatic carbocycles. The fourth-order valence-corrected chi connectivity index (χ4v) is 2.18. The molecule has 4 heteroatoms. The van der Waals surface area contributed by atoms with Gasteiger partial charge in [0, 0.05) is 0 Å². The normalized spacial score (nSPS) is 13.2. The van der Waals surface area contributed by atoms with E-state index in [1.807, 2.05) is 23.6 Å². The Balaban J connectivity index is 2.07. The highest BCUT2D eigenvalue weighted by atomic mass is 32.1. The highest BCUT2D eigenvalue weighted by molar-refractivity contribution is 7.08. The van der Waals surface area contributed by atoms with Gasteiger partial charge in [0.2, 0.25) is 0 Å². The lowest BCUT2D eigenvalue weighted by atomic mass is 10.1. The first-order valence-corrected chi connectivity index (χ1v) is 5.37. The molecule has 0 bridgehead atoms. The summed E-state index contributed by atoms with van der Waals surface area (Å²) in [5, 5.41) is 7.84. The second-order valence-electron chi connectivity index (χ2n) is 3.17. The molecule has 73 valence electrons. The van der Waals surface area contributed by atoms with Gasteiger partial charge in [-0.2, -0.15) is 16.7 Å². The zero-order valence-electron chi connectivity index (χ0n) is 7.64. The highest BCUT2D eigenvalue weighted by Crippen LogP contribution is 2.34. The van der Waals surface area contributed by atoms with E-state index in [0.717, 1.165) is 11.1 Å². The fraction of sp³-hybridized carbons (Fsp3) is 0. The van der Waals surface area contributed by atoms with E-state index in [1.54, 1.807) is 17.4 Å². The van der Waals surface area contributed by atoms with Crippen molar-refractivity contribution in [3.05, 3.63) is 35.0 Å². The Morgan fingerprint density at radius 3 is 2.93 bits per heavy atom. The van der Waals surface area contributed by atoms with Gasteiger partial charge in [0.25, 0.3) is 0 Å². The van der Waals surface area contributed by atoms with Crippen LogP contribution in [-0.4, -0.2) is 6.09 Å². The summed E-state index contributed by atoms with van der Waals surface area (Å²) in [6.45, 7) is 0. The summed E-state index contributed by atoms with van der Waals surface area (Å²) in [5.41, 5.74) is 2.80. The minimum Gasteiger partial charge on any atom is -0.406 e. The molecule has 0 saturated carbocycles. The number of thiophene rings is 1. The van der Waals surface area contributed by atoms with Gasteiger partial charge < -0.3 is 4.74 Å². The number of fused-ring (bicyclic) bond motifs is 1. The molecule has 0 N–H and O–H groups in total. The molecule has 1 aromatic carbocycles. The molecule has 0 saturated heterocycles. The molecule has 15 heavy (non-hydrogen) atoms. The maximum absolute atomic E-state index is 10.9. The zero-order valence-corrected chi connectivity index (χ0v) is 8.45. The molecule has 1 amide bonds. The van der Waals surface area contributed by atoms with Crippen LogP contribution in [0.25, 0.3) is 11.1 Å². The Labute approximate surface area is 90.3 Å². The first-order chi connectivity index (χ1) is 7.33. The van der Waals surface area contributed by atoms with Crippen LogP contribution in [0, 0.1) is 0 Å². The molecular weight excluding hydrogens is 210 g/mol. The van der Waals surface area contributed by atoms with Crippen LogP contribution in [0.1, 0.15) is 0 Å². The third-order valence-electron chi connectivity index (χ3n) is 2.22. The number of hydrogen-bond donors (Lipinski definition) is 0. The van der Waals surface area contributed by atoms with Gasteiger partial charge >= 0.3 is 6.09 Å². The van der Waals surface area contributed by atoms with Crippen molar-refractivity contribution in [3.8, 4) is 16.9 Å². The van der Waals surface area contributed by atoms with E-state index in [-0.39, 0.29) is 0 Å². The van der Waals surface area contributed by atoms with Crippen LogP contribution in [0.3, 0.4) is 0 Å². The topological polar surface area (TPSA) is 40.4 Å². The third kappa shape index (κ3) is 1.39. The van der Waals surface area contributed by atoms with Gasteiger partial charge in [-0.1, -0.05) is 6.07 Å². The lowest BCUT2D eigenvalue weighted by molar-refractivity contribution is 0.211. The molecule has 1 aliphatic heterocycles. The van der Waals surface area contributed by atoms with E-state index in [4.69, 9.17) is 4.74 Å². The Bertz CT molecular complexity index is 519. The van der Waals surface area contributed by atoms with Crippen LogP contribution < -0.4 is 10.1 Å². The van der Waals surface area contributed by atoms with Crippen molar-refractivity contribution < 1.29 is 9.53 Å². The number of amides is 1. The minimum absolute atomic E-state index is 0.535. The number of ether oxygens (including phenoxy) is 1. The van der Waals surface area contributed by atoms with Crippen molar-refractivity contribution in [1.29, 1.82) is 0 Å². The van der Waals surface area contributed by atoms with Gasteiger partial charge in [-0.25, -0.2) is 4.79 Å². The van der Waals surface area contributed by atoms with Crippen molar-refractivity contribution in [1.82, 2.24) is 5.32 Å². The first-order valence-electron chi connectivity index (χ1n) is 4.43. The average Bonchev–Trinajstić information content (AvgIpc) is 2.82. The molecule has 1 aromatic heterocycles. The SMILES string of the molecule is O=C1[N]c2cc(-c3ccsc3)ccc2O1. The van der Waals surface area contributed by atoms with Gasteiger partial charge in [-0.3, -0.25) is 0 Å². The maximum atomic E-state index is 10.9. The van der Waals surface area contributed by atoms with Gasteiger partial charge in [-0.15, -0.1) is 0 Å². The van der Waals surface area contributed by atoms with Crippen LogP contribution >= 0.6 is 11.3 Å². The predicted octanol–water partition coefficient (Wildman–Crippen LogP) is 3.16. The Morgan fingerprint density at radius 1 is 1.20 bits per heavy atom.